The van der Waals surface area contributed by atoms with E-state index >= 15 is 0 Å². The van der Waals surface area contributed by atoms with Crippen molar-refractivity contribution in [3.05, 3.63) is 33.3 Å². The highest BCUT2D eigenvalue weighted by atomic mass is 79.9. The Morgan fingerprint density at radius 1 is 1.58 bits per heavy atom. The monoisotopic (exact) mass is 344 g/mol. The van der Waals surface area contributed by atoms with E-state index < -0.39 is 0 Å². The van der Waals surface area contributed by atoms with Crippen LogP contribution < -0.4 is 0 Å². The molecule has 1 unspecified atom stereocenters. The van der Waals surface area contributed by atoms with Crippen LogP contribution in [0.4, 0.5) is 0 Å². The lowest BCUT2D eigenvalue weighted by Gasteiger charge is -2.31. The van der Waals surface area contributed by atoms with E-state index in [1.165, 1.54) is 0 Å². The van der Waals surface area contributed by atoms with Gasteiger partial charge in [-0.1, -0.05) is 39.6 Å². The molecule has 1 heterocycles. The number of halogens is 2. The molecule has 1 aliphatic rings. The Balaban J connectivity index is 2.17. The number of benzene rings is 1. The van der Waals surface area contributed by atoms with E-state index in [0.29, 0.717) is 30.1 Å². The van der Waals surface area contributed by atoms with Crippen molar-refractivity contribution in [1.29, 1.82) is 0 Å². The van der Waals surface area contributed by atoms with E-state index in [-0.39, 0.29) is 11.8 Å². The van der Waals surface area contributed by atoms with Crippen molar-refractivity contribution in [2.24, 2.45) is 11.1 Å². The van der Waals surface area contributed by atoms with Crippen LogP contribution in [-0.2, 0) is 0 Å². The van der Waals surface area contributed by atoms with Gasteiger partial charge in [-0.2, -0.15) is 0 Å². The average Bonchev–Trinajstić information content (AvgIpc) is 2.38. The molecule has 0 radical (unpaired) electrons. The predicted molar refractivity (Wildman–Crippen MR) is 78.1 cm³/mol. The molecule has 1 fully saturated rings. The number of carbonyl (C=O) groups is 1. The summed E-state index contributed by atoms with van der Waals surface area (Å²) in [4.78, 5) is 14.1. The maximum atomic E-state index is 12.4. The number of oxime groups is 1. The Morgan fingerprint density at radius 3 is 2.89 bits per heavy atom. The second-order valence-electron chi connectivity index (χ2n) is 4.62. The summed E-state index contributed by atoms with van der Waals surface area (Å²) in [6.07, 6.45) is 0.595. The van der Waals surface area contributed by atoms with Crippen LogP contribution in [0.1, 0.15) is 23.7 Å². The van der Waals surface area contributed by atoms with Gasteiger partial charge in [0.1, 0.15) is 0 Å². The molecule has 4 nitrogen and oxygen atoms in total. The molecule has 1 amide bonds. The van der Waals surface area contributed by atoms with Crippen LogP contribution in [0, 0.1) is 5.92 Å². The molecule has 0 saturated carbocycles. The van der Waals surface area contributed by atoms with Crippen molar-refractivity contribution in [2.75, 3.05) is 13.1 Å². The van der Waals surface area contributed by atoms with Crippen LogP contribution in [-0.4, -0.2) is 34.8 Å². The van der Waals surface area contributed by atoms with Crippen LogP contribution in [0.2, 0.25) is 5.02 Å². The molecule has 0 aliphatic carbocycles. The first-order chi connectivity index (χ1) is 9.02. The summed E-state index contributed by atoms with van der Waals surface area (Å²) in [6.45, 7) is 3.04. The second kappa shape index (κ2) is 5.92. The topological polar surface area (TPSA) is 52.9 Å². The van der Waals surface area contributed by atoms with E-state index in [2.05, 4.69) is 21.1 Å². The highest BCUT2D eigenvalue weighted by Crippen LogP contribution is 2.24. The Labute approximate surface area is 125 Å². The third-order valence-corrected chi connectivity index (χ3v) is 4.08. The Hall–Kier alpha value is -1.07. The summed E-state index contributed by atoms with van der Waals surface area (Å²) in [5.74, 6) is -0.0155. The minimum Gasteiger partial charge on any atom is -0.411 e. The molecule has 0 bridgehead atoms. The minimum absolute atomic E-state index is 0.0666. The molecule has 1 aromatic rings. The fraction of sp³-hybridized carbons (Fsp3) is 0.385. The standard InChI is InChI=1S/C13H14BrClN2O2/c1-8-7-17(5-4-12(8)16-19)13(18)10-3-2-9(14)6-11(10)15/h2-3,6,8,19H,4-5,7H2,1H3/b16-12+. The van der Waals surface area contributed by atoms with E-state index in [1.807, 2.05) is 6.92 Å². The molecule has 19 heavy (non-hydrogen) atoms. The first-order valence-electron chi connectivity index (χ1n) is 5.98. The molecule has 1 saturated heterocycles. The number of nitrogens with zero attached hydrogens (tertiary/aromatic N) is 2. The number of hydrogen-bond donors (Lipinski definition) is 1. The molecule has 102 valence electrons. The van der Waals surface area contributed by atoms with Gasteiger partial charge in [0.25, 0.3) is 5.91 Å². The van der Waals surface area contributed by atoms with Gasteiger partial charge in [0, 0.05) is 29.9 Å². The maximum absolute atomic E-state index is 12.4. The lowest BCUT2D eigenvalue weighted by Crippen LogP contribution is -2.43. The Morgan fingerprint density at radius 2 is 2.32 bits per heavy atom. The van der Waals surface area contributed by atoms with Crippen molar-refractivity contribution in [1.82, 2.24) is 4.90 Å². The molecule has 6 heteroatoms. The summed E-state index contributed by atoms with van der Waals surface area (Å²) in [6, 6.07) is 5.23. The first-order valence-corrected chi connectivity index (χ1v) is 7.15. The largest absolute Gasteiger partial charge is 0.411 e. The van der Waals surface area contributed by atoms with Gasteiger partial charge in [0.15, 0.2) is 0 Å². The second-order valence-corrected chi connectivity index (χ2v) is 5.94. The van der Waals surface area contributed by atoms with Crippen LogP contribution in [0.3, 0.4) is 0 Å². The van der Waals surface area contributed by atoms with Gasteiger partial charge in [-0.15, -0.1) is 0 Å². The highest BCUT2D eigenvalue weighted by molar-refractivity contribution is 9.10. The van der Waals surface area contributed by atoms with Crippen molar-refractivity contribution < 1.29 is 10.0 Å². The van der Waals surface area contributed by atoms with Crippen molar-refractivity contribution >= 4 is 39.1 Å². The summed E-state index contributed by atoms with van der Waals surface area (Å²) in [5.41, 5.74) is 1.24. The lowest BCUT2D eigenvalue weighted by molar-refractivity contribution is 0.0734. The number of piperidine rings is 1. The first kappa shape index (κ1) is 14.3. The molecule has 1 N–H and O–H groups in total. The quantitative estimate of drug-likeness (QED) is 0.626. The Bertz CT molecular complexity index is 533. The number of hydrogen-bond acceptors (Lipinski definition) is 3. The van der Waals surface area contributed by atoms with Gasteiger partial charge in [0.2, 0.25) is 0 Å². The van der Waals surface area contributed by atoms with Gasteiger partial charge in [0.05, 0.1) is 16.3 Å². The van der Waals surface area contributed by atoms with E-state index in [4.69, 9.17) is 16.8 Å². The molecular weight excluding hydrogens is 332 g/mol. The molecular formula is C13H14BrClN2O2. The van der Waals surface area contributed by atoms with Gasteiger partial charge >= 0.3 is 0 Å². The SMILES string of the molecule is CC1CN(C(=O)c2ccc(Br)cc2Cl)CC/C1=N\O. The maximum Gasteiger partial charge on any atom is 0.255 e. The number of carbonyl (C=O) groups excluding carboxylic acids is 1. The minimum atomic E-state index is -0.0821. The summed E-state index contributed by atoms with van der Waals surface area (Å²) < 4.78 is 0.843. The zero-order valence-electron chi connectivity index (χ0n) is 10.4. The molecule has 1 aliphatic heterocycles. The zero-order chi connectivity index (χ0) is 14.0. The Kier molecular flexibility index (Phi) is 4.47. The number of rotatable bonds is 1. The third-order valence-electron chi connectivity index (χ3n) is 3.28. The molecule has 0 spiro atoms. The number of likely N-dealkylation sites (tertiary alicyclic amines) is 1. The van der Waals surface area contributed by atoms with E-state index in [1.54, 1.807) is 23.1 Å². The third kappa shape index (κ3) is 3.09. The van der Waals surface area contributed by atoms with Crippen molar-refractivity contribution in [2.45, 2.75) is 13.3 Å². The summed E-state index contributed by atoms with van der Waals surface area (Å²) in [5, 5.41) is 12.5. The van der Waals surface area contributed by atoms with Gasteiger partial charge in [-0.3, -0.25) is 4.79 Å². The fourth-order valence-corrected chi connectivity index (χ4v) is 2.94. The molecule has 2 rings (SSSR count). The van der Waals surface area contributed by atoms with Crippen molar-refractivity contribution in [3.8, 4) is 0 Å². The normalized spacial score (nSPS) is 21.7. The fourth-order valence-electron chi connectivity index (χ4n) is 2.19. The van der Waals surface area contributed by atoms with Crippen LogP contribution in [0.5, 0.6) is 0 Å². The van der Waals surface area contributed by atoms with E-state index in [0.717, 1.165) is 10.2 Å². The molecule has 0 aromatic heterocycles. The summed E-state index contributed by atoms with van der Waals surface area (Å²) in [7, 11) is 0. The van der Waals surface area contributed by atoms with E-state index in [9.17, 15) is 4.79 Å². The lowest BCUT2D eigenvalue weighted by atomic mass is 9.97. The van der Waals surface area contributed by atoms with Gasteiger partial charge in [-0.05, 0) is 18.2 Å². The molecule has 1 aromatic carbocycles. The average molecular weight is 346 g/mol. The highest BCUT2D eigenvalue weighted by Gasteiger charge is 2.27. The van der Waals surface area contributed by atoms with Crippen LogP contribution >= 0.6 is 27.5 Å². The van der Waals surface area contributed by atoms with Gasteiger partial charge in [-0.25, -0.2) is 0 Å². The predicted octanol–water partition coefficient (Wildman–Crippen LogP) is 3.41. The summed E-state index contributed by atoms with van der Waals surface area (Å²) >= 11 is 9.41. The zero-order valence-corrected chi connectivity index (χ0v) is 12.8. The van der Waals surface area contributed by atoms with Crippen LogP contribution in [0.15, 0.2) is 27.8 Å². The smallest absolute Gasteiger partial charge is 0.255 e. The van der Waals surface area contributed by atoms with Crippen molar-refractivity contribution in [3.63, 3.8) is 0 Å². The van der Waals surface area contributed by atoms with Crippen LogP contribution in [0.25, 0.3) is 0 Å². The number of amides is 1. The molecule has 1 atom stereocenters. The van der Waals surface area contributed by atoms with Gasteiger partial charge < -0.3 is 10.1 Å².